The van der Waals surface area contributed by atoms with Gasteiger partial charge in [0.25, 0.3) is 0 Å². The van der Waals surface area contributed by atoms with Crippen molar-refractivity contribution in [2.75, 3.05) is 6.61 Å². The molecule has 1 aliphatic heterocycles. The summed E-state index contributed by atoms with van der Waals surface area (Å²) in [5.74, 6) is 0. The van der Waals surface area contributed by atoms with Gasteiger partial charge in [-0.25, -0.2) is 0 Å². The van der Waals surface area contributed by atoms with Gasteiger partial charge in [-0.05, 0) is 0 Å². The minimum atomic E-state index is -1.29. The van der Waals surface area contributed by atoms with E-state index in [1.165, 1.54) is 0 Å². The molecule has 0 radical (unpaired) electrons. The molecular formula is C8H11ClN4O4S. The van der Waals surface area contributed by atoms with Gasteiger partial charge in [0.15, 0.2) is 17.1 Å². The summed E-state index contributed by atoms with van der Waals surface area (Å²) in [5, 5.41) is 35.9. The number of aromatic nitrogens is 3. The molecule has 2 rings (SSSR count). The summed E-state index contributed by atoms with van der Waals surface area (Å²) in [4.78, 5) is 0.929. The highest BCUT2D eigenvalue weighted by Gasteiger charge is 2.44. The predicted octanol–water partition coefficient (Wildman–Crippen LogP) is -1.82. The average molecular weight is 295 g/mol. The van der Waals surface area contributed by atoms with E-state index in [2.05, 4.69) is 10.2 Å². The fourth-order valence-electron chi connectivity index (χ4n) is 1.64. The average Bonchev–Trinajstić information content (AvgIpc) is 2.82. The number of aliphatic hydroxyl groups excluding tert-OH is 3. The molecule has 0 saturated carbocycles. The number of thiocarbonyl (C=S) groups is 1. The van der Waals surface area contributed by atoms with Crippen molar-refractivity contribution in [3.63, 3.8) is 0 Å². The largest absolute Gasteiger partial charge is 0.394 e. The van der Waals surface area contributed by atoms with Gasteiger partial charge < -0.3 is 25.8 Å². The summed E-state index contributed by atoms with van der Waals surface area (Å²) in [5.41, 5.74) is 5.48. The lowest BCUT2D eigenvalue weighted by Crippen LogP contribution is -2.33. The first-order valence-electron chi connectivity index (χ1n) is 5.00. The number of rotatable bonds is 3. The van der Waals surface area contributed by atoms with Crippen LogP contribution in [0.3, 0.4) is 0 Å². The number of hydrogen-bond donors (Lipinski definition) is 4. The predicted molar refractivity (Wildman–Crippen MR) is 63.9 cm³/mol. The maximum absolute atomic E-state index is 9.76. The second-order valence-electron chi connectivity index (χ2n) is 3.75. The number of aliphatic hydroxyl groups is 3. The van der Waals surface area contributed by atoms with Crippen LogP contribution in [-0.4, -0.2) is 60.2 Å². The molecule has 2 heterocycles. The fraction of sp³-hybridized carbons (Fsp3) is 0.625. The smallest absolute Gasteiger partial charge is 0.198 e. The first-order valence-corrected chi connectivity index (χ1v) is 5.79. The molecule has 1 aromatic heterocycles. The molecule has 8 nitrogen and oxygen atoms in total. The van der Waals surface area contributed by atoms with Crippen LogP contribution in [0.4, 0.5) is 0 Å². The van der Waals surface area contributed by atoms with Gasteiger partial charge in [0, 0.05) is 0 Å². The molecular weight excluding hydrogens is 284 g/mol. The Labute approximate surface area is 112 Å². The molecule has 4 atom stereocenters. The first kappa shape index (κ1) is 13.6. The zero-order chi connectivity index (χ0) is 13.4. The lowest BCUT2D eigenvalue weighted by Gasteiger charge is -2.12. The molecule has 0 unspecified atom stereocenters. The van der Waals surface area contributed by atoms with E-state index >= 15 is 0 Å². The van der Waals surface area contributed by atoms with Gasteiger partial charge >= 0.3 is 0 Å². The van der Waals surface area contributed by atoms with E-state index in [0.29, 0.717) is 0 Å². The minimum absolute atomic E-state index is 0.0276. The van der Waals surface area contributed by atoms with E-state index in [9.17, 15) is 10.2 Å². The number of halogens is 1. The van der Waals surface area contributed by atoms with Crippen LogP contribution in [-0.2, 0) is 4.74 Å². The second kappa shape index (κ2) is 5.03. The van der Waals surface area contributed by atoms with Crippen LogP contribution in [0.25, 0.3) is 0 Å². The van der Waals surface area contributed by atoms with Gasteiger partial charge in [0.1, 0.15) is 23.3 Å². The van der Waals surface area contributed by atoms with E-state index in [1.54, 1.807) is 0 Å². The van der Waals surface area contributed by atoms with Crippen molar-refractivity contribution in [3.05, 3.63) is 10.8 Å². The Balaban J connectivity index is 2.27. The highest BCUT2D eigenvalue weighted by Crippen LogP contribution is 2.28. The monoisotopic (exact) mass is 294 g/mol. The third kappa shape index (κ3) is 2.20. The topological polar surface area (TPSA) is 127 Å². The van der Waals surface area contributed by atoms with Gasteiger partial charge in [-0.3, -0.25) is 0 Å². The van der Waals surface area contributed by atoms with Crippen LogP contribution in [0.15, 0.2) is 0 Å². The molecule has 0 bridgehead atoms. The van der Waals surface area contributed by atoms with Gasteiger partial charge in [0.2, 0.25) is 0 Å². The highest BCUT2D eigenvalue weighted by molar-refractivity contribution is 7.80. The molecule has 1 saturated heterocycles. The van der Waals surface area contributed by atoms with Crippen molar-refractivity contribution in [1.82, 2.24) is 15.0 Å². The summed E-state index contributed by atoms with van der Waals surface area (Å²) in [7, 11) is 0. The van der Waals surface area contributed by atoms with Gasteiger partial charge in [0.05, 0.1) is 6.61 Å². The Morgan fingerprint density at radius 3 is 2.56 bits per heavy atom. The summed E-state index contributed by atoms with van der Waals surface area (Å²) in [6, 6.07) is 0. The Morgan fingerprint density at radius 1 is 1.44 bits per heavy atom. The Kier molecular flexibility index (Phi) is 3.80. The van der Waals surface area contributed by atoms with Crippen molar-refractivity contribution in [2.45, 2.75) is 24.5 Å². The molecule has 1 fully saturated rings. The van der Waals surface area contributed by atoms with Crippen LogP contribution in [0, 0.1) is 0 Å². The molecule has 0 aromatic carbocycles. The van der Waals surface area contributed by atoms with Crippen molar-refractivity contribution in [1.29, 1.82) is 0 Å². The second-order valence-corrected chi connectivity index (χ2v) is 4.55. The molecule has 0 amide bonds. The fourth-order valence-corrected chi connectivity index (χ4v) is 2.05. The van der Waals surface area contributed by atoms with Crippen molar-refractivity contribution < 1.29 is 20.1 Å². The zero-order valence-corrected chi connectivity index (χ0v) is 10.5. The van der Waals surface area contributed by atoms with Gasteiger partial charge in [-0.15, -0.1) is 10.2 Å². The maximum Gasteiger partial charge on any atom is 0.198 e. The normalized spacial score (nSPS) is 31.8. The highest BCUT2D eigenvalue weighted by atomic mass is 35.5. The van der Waals surface area contributed by atoms with Crippen LogP contribution in [0.2, 0.25) is 5.15 Å². The number of hydrogen-bond acceptors (Lipinski definition) is 7. The first-order chi connectivity index (χ1) is 8.45. The van der Waals surface area contributed by atoms with Gasteiger partial charge in [-0.1, -0.05) is 23.8 Å². The lowest BCUT2D eigenvalue weighted by atomic mass is 10.1. The molecule has 1 aliphatic rings. The molecule has 1 aromatic rings. The summed E-state index contributed by atoms with van der Waals surface area (Å²) in [6.07, 6.45) is -4.50. The van der Waals surface area contributed by atoms with Crippen LogP contribution in [0.1, 0.15) is 11.9 Å². The molecule has 0 spiro atoms. The Bertz CT molecular complexity index is 470. The number of ether oxygens (including phenoxy) is 1. The van der Waals surface area contributed by atoms with E-state index in [1.807, 2.05) is 0 Å². The molecule has 100 valence electrons. The molecule has 10 heteroatoms. The quantitative estimate of drug-likeness (QED) is 0.480. The van der Waals surface area contributed by atoms with Crippen molar-refractivity contribution >= 4 is 28.8 Å². The summed E-state index contributed by atoms with van der Waals surface area (Å²) in [6.45, 7) is -0.439. The van der Waals surface area contributed by atoms with Crippen LogP contribution >= 0.6 is 23.8 Å². The van der Waals surface area contributed by atoms with Crippen LogP contribution < -0.4 is 5.73 Å². The van der Waals surface area contributed by atoms with Crippen LogP contribution in [0.5, 0.6) is 0 Å². The van der Waals surface area contributed by atoms with E-state index in [0.717, 1.165) is 4.80 Å². The SMILES string of the molecule is NC(=S)c1nn([C@@H]2O[C@H](CO)[C@@H](O)[C@H]2O)nc1Cl. The molecule has 18 heavy (non-hydrogen) atoms. The van der Waals surface area contributed by atoms with E-state index in [-0.39, 0.29) is 15.8 Å². The molecule has 0 aliphatic carbocycles. The summed E-state index contributed by atoms with van der Waals surface area (Å²) < 4.78 is 5.21. The molecule has 5 N–H and O–H groups in total. The van der Waals surface area contributed by atoms with E-state index in [4.69, 9.17) is 39.4 Å². The standard InChI is InChI=1S/C8H11ClN4O4S/c9-6-3(7(10)18)11-13(12-6)8-5(16)4(15)2(1-14)17-8/h2,4-5,8,14-16H,1H2,(H2,10,18)/t2-,4-,5-,8-/m1/s1. The third-order valence-corrected chi connectivity index (χ3v) is 3.01. The summed E-state index contributed by atoms with van der Waals surface area (Å²) >= 11 is 10.5. The zero-order valence-electron chi connectivity index (χ0n) is 8.97. The Morgan fingerprint density at radius 2 is 2.11 bits per heavy atom. The lowest BCUT2D eigenvalue weighted by molar-refractivity contribution is -0.0655. The van der Waals surface area contributed by atoms with Gasteiger partial charge in [-0.2, -0.15) is 4.80 Å². The number of nitrogens with two attached hydrogens (primary N) is 1. The third-order valence-electron chi connectivity index (χ3n) is 2.57. The number of nitrogens with zero attached hydrogens (tertiary/aromatic N) is 3. The van der Waals surface area contributed by atoms with Crippen molar-refractivity contribution in [2.24, 2.45) is 5.73 Å². The Hall–Kier alpha value is -0.840. The maximum atomic E-state index is 9.76. The van der Waals surface area contributed by atoms with E-state index < -0.39 is 31.1 Å². The minimum Gasteiger partial charge on any atom is -0.394 e. The van der Waals surface area contributed by atoms with Crippen molar-refractivity contribution in [3.8, 4) is 0 Å².